The monoisotopic (exact) mass is 376 g/mol. The summed E-state index contributed by atoms with van der Waals surface area (Å²) in [6.07, 6.45) is 0. The van der Waals surface area contributed by atoms with E-state index < -0.39 is 5.97 Å². The molecule has 134 valence electrons. The number of ether oxygens (including phenoxy) is 1. The molecule has 5 nitrogen and oxygen atoms in total. The minimum absolute atomic E-state index is 0.194. The topological polar surface area (TPSA) is 61.2 Å². The van der Waals surface area contributed by atoms with Crippen molar-refractivity contribution >= 4 is 28.2 Å². The van der Waals surface area contributed by atoms with Gasteiger partial charge in [-0.15, -0.1) is 11.3 Å². The number of thiophene rings is 1. The molecule has 6 heteroatoms. The fourth-order valence-electron chi connectivity index (χ4n) is 3.01. The lowest BCUT2D eigenvalue weighted by Crippen LogP contribution is -2.23. The maximum Gasteiger partial charge on any atom is 0.353 e. The zero-order valence-electron chi connectivity index (χ0n) is 14.8. The number of benzene rings is 2. The van der Waals surface area contributed by atoms with Crippen LogP contribution in [0, 0.1) is 13.8 Å². The summed E-state index contributed by atoms with van der Waals surface area (Å²) in [5.74, 6) is 0.351. The number of aromatic nitrogens is 2. The second-order valence-corrected chi connectivity index (χ2v) is 7.05. The maximum absolute atomic E-state index is 13.2. The maximum atomic E-state index is 13.2. The first-order valence-electron chi connectivity index (χ1n) is 8.40. The molecule has 0 unspecified atom stereocenters. The van der Waals surface area contributed by atoms with Gasteiger partial charge >= 0.3 is 5.97 Å². The van der Waals surface area contributed by atoms with E-state index >= 15 is 0 Å². The Hall–Kier alpha value is -3.25. The molecule has 0 aliphatic carbocycles. The zero-order valence-corrected chi connectivity index (χ0v) is 15.6. The summed E-state index contributed by atoms with van der Waals surface area (Å²) < 4.78 is 7.10. The summed E-state index contributed by atoms with van der Waals surface area (Å²) in [5, 5.41) is 2.21. The van der Waals surface area contributed by atoms with Crippen molar-refractivity contribution in [2.75, 3.05) is 0 Å². The third-order valence-electron chi connectivity index (χ3n) is 4.31. The van der Waals surface area contributed by atoms with Gasteiger partial charge < -0.3 is 4.74 Å². The van der Waals surface area contributed by atoms with Gasteiger partial charge in [-0.3, -0.25) is 9.36 Å². The number of hydrogen-bond acceptors (Lipinski definition) is 5. The summed E-state index contributed by atoms with van der Waals surface area (Å²) in [5.41, 5.74) is 1.95. The summed E-state index contributed by atoms with van der Waals surface area (Å²) in [7, 11) is 0. The van der Waals surface area contributed by atoms with Gasteiger partial charge in [0.05, 0.1) is 11.1 Å². The SMILES string of the molecule is Cc1ccccc1-n1c(C)nc2c(OC(=O)c3cccs3)cccc2c1=O. The first-order valence-corrected chi connectivity index (χ1v) is 9.28. The average molecular weight is 376 g/mol. The molecule has 27 heavy (non-hydrogen) atoms. The largest absolute Gasteiger partial charge is 0.420 e. The molecule has 4 aromatic rings. The average Bonchev–Trinajstić information content (AvgIpc) is 3.19. The first kappa shape index (κ1) is 17.2. The number of esters is 1. The molecule has 0 N–H and O–H groups in total. The molecule has 0 amide bonds. The van der Waals surface area contributed by atoms with Gasteiger partial charge in [0.25, 0.3) is 5.56 Å². The molecule has 0 bridgehead atoms. The Bertz CT molecular complexity index is 1210. The highest BCUT2D eigenvalue weighted by Crippen LogP contribution is 2.25. The molecule has 0 atom stereocenters. The van der Waals surface area contributed by atoms with Crippen LogP contribution in [0.5, 0.6) is 5.75 Å². The molecule has 0 fully saturated rings. The second kappa shape index (κ2) is 6.81. The van der Waals surface area contributed by atoms with E-state index in [9.17, 15) is 9.59 Å². The molecule has 0 radical (unpaired) electrons. The van der Waals surface area contributed by atoms with Crippen LogP contribution >= 0.6 is 11.3 Å². The highest BCUT2D eigenvalue weighted by molar-refractivity contribution is 7.12. The van der Waals surface area contributed by atoms with Gasteiger partial charge in [0.2, 0.25) is 0 Å². The van der Waals surface area contributed by atoms with Crippen molar-refractivity contribution in [2.45, 2.75) is 13.8 Å². The van der Waals surface area contributed by atoms with Crippen LogP contribution in [0.25, 0.3) is 16.6 Å². The molecule has 2 aromatic heterocycles. The van der Waals surface area contributed by atoms with E-state index in [1.165, 1.54) is 11.3 Å². The predicted octanol–water partition coefficient (Wildman–Crippen LogP) is 4.28. The lowest BCUT2D eigenvalue weighted by Gasteiger charge is -2.14. The third-order valence-corrected chi connectivity index (χ3v) is 5.16. The van der Waals surface area contributed by atoms with Gasteiger partial charge in [-0.25, -0.2) is 9.78 Å². The normalized spacial score (nSPS) is 10.9. The molecular weight excluding hydrogens is 360 g/mol. The van der Waals surface area contributed by atoms with E-state index in [2.05, 4.69) is 4.98 Å². The zero-order chi connectivity index (χ0) is 19.0. The Balaban J connectivity index is 1.87. The number of carbonyl (C=O) groups is 1. The van der Waals surface area contributed by atoms with Crippen LogP contribution in [0.15, 0.2) is 64.8 Å². The van der Waals surface area contributed by atoms with E-state index in [4.69, 9.17) is 4.74 Å². The van der Waals surface area contributed by atoms with Crippen LogP contribution in [0.1, 0.15) is 21.1 Å². The highest BCUT2D eigenvalue weighted by Gasteiger charge is 2.17. The molecule has 0 spiro atoms. The predicted molar refractivity (Wildman–Crippen MR) is 106 cm³/mol. The lowest BCUT2D eigenvalue weighted by atomic mass is 10.1. The molecule has 0 aliphatic heterocycles. The molecule has 2 heterocycles. The Labute approximate surface area is 159 Å². The minimum atomic E-state index is -0.458. The molecule has 0 saturated carbocycles. The van der Waals surface area contributed by atoms with Gasteiger partial charge in [-0.2, -0.15) is 0 Å². The first-order chi connectivity index (χ1) is 13.1. The Morgan fingerprint density at radius 1 is 1.04 bits per heavy atom. The van der Waals surface area contributed by atoms with E-state index in [-0.39, 0.29) is 11.3 Å². The Kier molecular flexibility index (Phi) is 4.33. The van der Waals surface area contributed by atoms with E-state index in [0.717, 1.165) is 11.3 Å². The molecule has 2 aromatic carbocycles. The van der Waals surface area contributed by atoms with E-state index in [1.54, 1.807) is 41.8 Å². The van der Waals surface area contributed by atoms with Crippen molar-refractivity contribution in [3.63, 3.8) is 0 Å². The number of aryl methyl sites for hydroxylation is 2. The van der Waals surface area contributed by atoms with Crippen LogP contribution in [0.3, 0.4) is 0 Å². The Morgan fingerprint density at radius 2 is 1.85 bits per heavy atom. The number of fused-ring (bicyclic) bond motifs is 1. The van der Waals surface area contributed by atoms with Gasteiger partial charge in [0.15, 0.2) is 5.75 Å². The van der Waals surface area contributed by atoms with Crippen molar-refractivity contribution in [2.24, 2.45) is 0 Å². The molecule has 0 aliphatic rings. The second-order valence-electron chi connectivity index (χ2n) is 6.11. The fourth-order valence-corrected chi connectivity index (χ4v) is 3.61. The number of rotatable bonds is 3. The van der Waals surface area contributed by atoms with Crippen molar-refractivity contribution in [1.82, 2.24) is 9.55 Å². The fraction of sp³-hybridized carbons (Fsp3) is 0.0952. The summed E-state index contributed by atoms with van der Waals surface area (Å²) in [4.78, 5) is 30.5. The standard InChI is InChI=1S/C21H16N2O3S/c1-13-7-3-4-9-16(13)23-14(2)22-19-15(20(23)24)8-5-10-17(19)26-21(25)18-11-6-12-27-18/h3-12H,1-2H3. The number of hydrogen-bond donors (Lipinski definition) is 0. The van der Waals surface area contributed by atoms with Crippen LogP contribution in [-0.2, 0) is 0 Å². The van der Waals surface area contributed by atoms with Crippen molar-refractivity contribution in [3.05, 3.63) is 86.6 Å². The van der Waals surface area contributed by atoms with Crippen molar-refractivity contribution < 1.29 is 9.53 Å². The van der Waals surface area contributed by atoms with Crippen LogP contribution in [0.4, 0.5) is 0 Å². The highest BCUT2D eigenvalue weighted by atomic mass is 32.1. The van der Waals surface area contributed by atoms with Crippen molar-refractivity contribution in [3.8, 4) is 11.4 Å². The van der Waals surface area contributed by atoms with Gasteiger partial charge in [-0.1, -0.05) is 30.3 Å². The summed E-state index contributed by atoms with van der Waals surface area (Å²) in [6, 6.07) is 16.2. The molecular formula is C21H16N2O3S. The van der Waals surface area contributed by atoms with Gasteiger partial charge in [-0.05, 0) is 49.1 Å². The molecule has 4 rings (SSSR count). The van der Waals surface area contributed by atoms with Crippen molar-refractivity contribution in [1.29, 1.82) is 0 Å². The third kappa shape index (κ3) is 3.04. The van der Waals surface area contributed by atoms with E-state index in [1.807, 2.05) is 36.6 Å². The summed E-state index contributed by atoms with van der Waals surface area (Å²) >= 11 is 1.30. The van der Waals surface area contributed by atoms with Crippen LogP contribution in [-0.4, -0.2) is 15.5 Å². The van der Waals surface area contributed by atoms with Crippen LogP contribution in [0.2, 0.25) is 0 Å². The number of carbonyl (C=O) groups excluding carboxylic acids is 1. The lowest BCUT2D eigenvalue weighted by molar-refractivity contribution is 0.0742. The Morgan fingerprint density at radius 3 is 2.59 bits per heavy atom. The minimum Gasteiger partial charge on any atom is -0.420 e. The van der Waals surface area contributed by atoms with E-state index in [0.29, 0.717) is 21.6 Å². The van der Waals surface area contributed by atoms with Gasteiger partial charge in [0.1, 0.15) is 16.2 Å². The quantitative estimate of drug-likeness (QED) is 0.395. The van der Waals surface area contributed by atoms with Gasteiger partial charge in [0, 0.05) is 0 Å². The number of para-hydroxylation sites is 2. The van der Waals surface area contributed by atoms with Crippen LogP contribution < -0.4 is 10.3 Å². The number of nitrogens with zero attached hydrogens (tertiary/aromatic N) is 2. The molecule has 0 saturated heterocycles. The smallest absolute Gasteiger partial charge is 0.353 e. The summed E-state index contributed by atoms with van der Waals surface area (Å²) in [6.45, 7) is 3.72.